The number of H-pyrrole nitrogens is 1. The van der Waals surface area contributed by atoms with Crippen LogP contribution >= 0.6 is 0 Å². The number of hydrogen-bond donors (Lipinski definition) is 2. The molecule has 25 heavy (non-hydrogen) atoms. The highest BCUT2D eigenvalue weighted by Gasteiger charge is 2.55. The monoisotopic (exact) mass is 344 g/mol. The minimum Gasteiger partial charge on any atom is -0.494 e. The van der Waals surface area contributed by atoms with E-state index in [9.17, 15) is 9.59 Å². The molecule has 7 nitrogen and oxygen atoms in total. The molecule has 1 aromatic carbocycles. The first-order chi connectivity index (χ1) is 12.0. The average Bonchev–Trinajstić information content (AvgIpc) is 3.06. The van der Waals surface area contributed by atoms with Crippen molar-refractivity contribution in [2.45, 2.75) is 44.4 Å². The van der Waals surface area contributed by atoms with Gasteiger partial charge in [-0.3, -0.25) is 0 Å². The van der Waals surface area contributed by atoms with E-state index in [1.54, 1.807) is 0 Å². The van der Waals surface area contributed by atoms with Crippen LogP contribution in [0.4, 0.5) is 0 Å². The summed E-state index contributed by atoms with van der Waals surface area (Å²) in [4.78, 5) is 26.5. The first-order valence-corrected chi connectivity index (χ1v) is 8.52. The summed E-state index contributed by atoms with van der Waals surface area (Å²) >= 11 is 0. The minimum absolute atomic E-state index is 0.240. The van der Waals surface area contributed by atoms with Crippen molar-refractivity contribution in [1.29, 1.82) is 0 Å². The number of hydrogen-bond acceptors (Lipinski definition) is 6. The van der Waals surface area contributed by atoms with Crippen LogP contribution in [0.3, 0.4) is 0 Å². The number of aromatic nitrogens is 1. The number of rotatable bonds is 4. The van der Waals surface area contributed by atoms with E-state index in [-0.39, 0.29) is 12.5 Å². The molecule has 0 saturated carbocycles. The third-order valence-corrected chi connectivity index (χ3v) is 4.70. The van der Waals surface area contributed by atoms with Crippen LogP contribution in [0.15, 0.2) is 18.2 Å². The number of carbonyl (C=O) groups excluding carboxylic acids is 2. The second-order valence-corrected chi connectivity index (χ2v) is 6.59. The van der Waals surface area contributed by atoms with Crippen molar-refractivity contribution in [2.75, 3.05) is 6.61 Å². The van der Waals surface area contributed by atoms with Gasteiger partial charge in [-0.2, -0.15) is 0 Å². The Labute approximate surface area is 144 Å². The zero-order valence-corrected chi connectivity index (χ0v) is 14.0. The molecule has 2 heterocycles. The van der Waals surface area contributed by atoms with Crippen LogP contribution in [-0.4, -0.2) is 29.6 Å². The molecule has 1 spiro atoms. The molecule has 1 atom stereocenters. The number of fused-ring (bicyclic) bond motifs is 4. The second kappa shape index (κ2) is 5.77. The van der Waals surface area contributed by atoms with Gasteiger partial charge in [0.25, 0.3) is 0 Å². The number of esters is 2. The Bertz CT molecular complexity index is 841. The van der Waals surface area contributed by atoms with E-state index >= 15 is 0 Å². The van der Waals surface area contributed by atoms with Gasteiger partial charge in [0.1, 0.15) is 11.4 Å². The Kier molecular flexibility index (Phi) is 3.68. The van der Waals surface area contributed by atoms with E-state index in [1.165, 1.54) is 0 Å². The molecule has 1 aromatic heterocycles. The molecule has 1 saturated heterocycles. The number of nitrogens with one attached hydrogen (secondary N) is 1. The van der Waals surface area contributed by atoms with Gasteiger partial charge in [0.15, 0.2) is 0 Å². The Morgan fingerprint density at radius 2 is 2.08 bits per heavy atom. The normalized spacial score (nSPS) is 21.3. The predicted octanol–water partition coefficient (Wildman–Crippen LogP) is 1.87. The molecular formula is C18H20N2O5. The van der Waals surface area contributed by atoms with Gasteiger partial charge < -0.3 is 24.9 Å². The zero-order valence-electron chi connectivity index (χ0n) is 14.0. The van der Waals surface area contributed by atoms with Gasteiger partial charge in [0.05, 0.1) is 6.61 Å². The number of nitrogens with two attached hydrogens (primary N) is 1. The van der Waals surface area contributed by atoms with Crippen molar-refractivity contribution < 1.29 is 23.8 Å². The molecule has 2 aliphatic rings. The summed E-state index contributed by atoms with van der Waals surface area (Å²) in [6.07, 6.45) is 2.90. The van der Waals surface area contributed by atoms with Crippen molar-refractivity contribution in [3.8, 4) is 5.75 Å². The molecule has 0 bridgehead atoms. The van der Waals surface area contributed by atoms with Gasteiger partial charge in [-0.05, 0) is 36.6 Å². The van der Waals surface area contributed by atoms with Gasteiger partial charge >= 0.3 is 17.7 Å². The Morgan fingerprint density at radius 1 is 1.32 bits per heavy atom. The van der Waals surface area contributed by atoms with E-state index in [0.29, 0.717) is 18.7 Å². The molecule has 4 rings (SSSR count). The minimum atomic E-state index is -1.44. The van der Waals surface area contributed by atoms with Crippen LogP contribution in [0.25, 0.3) is 10.9 Å². The molecule has 1 fully saturated rings. The van der Waals surface area contributed by atoms with Crippen molar-refractivity contribution in [1.82, 2.24) is 4.98 Å². The maximum absolute atomic E-state index is 11.6. The highest BCUT2D eigenvalue weighted by atomic mass is 16.8. The molecule has 7 heteroatoms. The predicted molar refractivity (Wildman–Crippen MR) is 88.9 cm³/mol. The lowest BCUT2D eigenvalue weighted by Crippen LogP contribution is -2.42. The number of unbranched alkanes of at least 4 members (excludes halogenated alkanes) is 1. The molecule has 2 aromatic rings. The molecule has 3 N–H and O–H groups in total. The van der Waals surface area contributed by atoms with Crippen LogP contribution in [0.5, 0.6) is 5.75 Å². The third kappa shape index (κ3) is 2.55. The SMILES string of the molecule is CCCCOc1ccc2[nH]c3c(c2c1)CC(N)CC31OC(=O)C(=O)O1. The standard InChI is InChI=1S/C18H20N2O5/c1-2-3-6-23-11-4-5-14-12(8-11)13-7-10(19)9-18(15(13)20-14)24-16(21)17(22)25-18/h4-5,8,10,20H,2-3,6-7,9,19H2,1H3. The lowest BCUT2D eigenvalue weighted by molar-refractivity contribution is -0.192. The van der Waals surface area contributed by atoms with Crippen LogP contribution in [0, 0.1) is 0 Å². The number of ether oxygens (including phenoxy) is 3. The van der Waals surface area contributed by atoms with E-state index in [2.05, 4.69) is 11.9 Å². The van der Waals surface area contributed by atoms with Crippen molar-refractivity contribution in [3.05, 3.63) is 29.5 Å². The Balaban J connectivity index is 1.77. The van der Waals surface area contributed by atoms with E-state index in [1.807, 2.05) is 18.2 Å². The number of benzene rings is 1. The van der Waals surface area contributed by atoms with Crippen molar-refractivity contribution in [3.63, 3.8) is 0 Å². The van der Waals surface area contributed by atoms with Gasteiger partial charge in [-0.15, -0.1) is 0 Å². The maximum Gasteiger partial charge on any atom is 0.421 e. The highest BCUT2D eigenvalue weighted by molar-refractivity contribution is 6.31. The summed E-state index contributed by atoms with van der Waals surface area (Å²) in [6.45, 7) is 2.77. The molecule has 1 aliphatic heterocycles. The average molecular weight is 344 g/mol. The molecule has 0 amide bonds. The summed E-state index contributed by atoms with van der Waals surface area (Å²) in [6, 6.07) is 5.46. The fraction of sp³-hybridized carbons (Fsp3) is 0.444. The Hall–Kier alpha value is -2.54. The van der Waals surface area contributed by atoms with E-state index in [0.717, 1.165) is 35.1 Å². The molecule has 0 radical (unpaired) electrons. The lowest BCUT2D eigenvalue weighted by Gasteiger charge is -2.32. The third-order valence-electron chi connectivity index (χ3n) is 4.70. The number of carbonyl (C=O) groups is 2. The van der Waals surface area contributed by atoms with Crippen LogP contribution in [-0.2, 0) is 31.3 Å². The van der Waals surface area contributed by atoms with Gasteiger partial charge in [0, 0.05) is 23.4 Å². The summed E-state index contributed by atoms with van der Waals surface area (Å²) in [5, 5.41) is 0.942. The molecule has 1 aliphatic carbocycles. The van der Waals surface area contributed by atoms with Crippen molar-refractivity contribution >= 4 is 22.8 Å². The number of aromatic amines is 1. The van der Waals surface area contributed by atoms with Crippen LogP contribution < -0.4 is 10.5 Å². The second-order valence-electron chi connectivity index (χ2n) is 6.59. The molecule has 1 unspecified atom stereocenters. The van der Waals surface area contributed by atoms with Gasteiger partial charge in [0.2, 0.25) is 0 Å². The molecule has 132 valence electrons. The van der Waals surface area contributed by atoms with Crippen LogP contribution in [0.1, 0.15) is 37.4 Å². The van der Waals surface area contributed by atoms with E-state index < -0.39 is 17.7 Å². The highest BCUT2D eigenvalue weighted by Crippen LogP contribution is 2.44. The van der Waals surface area contributed by atoms with Crippen LogP contribution in [0.2, 0.25) is 0 Å². The Morgan fingerprint density at radius 3 is 2.80 bits per heavy atom. The summed E-state index contributed by atoms with van der Waals surface area (Å²) in [7, 11) is 0. The quantitative estimate of drug-likeness (QED) is 0.498. The largest absolute Gasteiger partial charge is 0.494 e. The first-order valence-electron chi connectivity index (χ1n) is 8.52. The zero-order chi connectivity index (χ0) is 17.6. The molecular weight excluding hydrogens is 324 g/mol. The first kappa shape index (κ1) is 16.0. The van der Waals surface area contributed by atoms with E-state index in [4.69, 9.17) is 19.9 Å². The summed E-state index contributed by atoms with van der Waals surface area (Å²) in [5.41, 5.74) is 8.51. The van der Waals surface area contributed by atoms with Crippen molar-refractivity contribution in [2.24, 2.45) is 5.73 Å². The summed E-state index contributed by atoms with van der Waals surface area (Å²) < 4.78 is 16.3. The topological polar surface area (TPSA) is 104 Å². The summed E-state index contributed by atoms with van der Waals surface area (Å²) in [5.74, 6) is -2.63. The van der Waals surface area contributed by atoms with Gasteiger partial charge in [-0.1, -0.05) is 13.3 Å². The smallest absolute Gasteiger partial charge is 0.421 e. The maximum atomic E-state index is 11.6. The fourth-order valence-electron chi connectivity index (χ4n) is 3.56. The fourth-order valence-corrected chi connectivity index (χ4v) is 3.56. The van der Waals surface area contributed by atoms with Gasteiger partial charge in [-0.25, -0.2) is 9.59 Å². The lowest BCUT2D eigenvalue weighted by atomic mass is 9.87.